The second-order valence-electron chi connectivity index (χ2n) is 6.97. The van der Waals surface area contributed by atoms with E-state index in [0.717, 1.165) is 38.0 Å². The van der Waals surface area contributed by atoms with Gasteiger partial charge in [0.15, 0.2) is 0 Å². The summed E-state index contributed by atoms with van der Waals surface area (Å²) in [5.74, 6) is 0.691. The second-order valence-corrected chi connectivity index (χ2v) is 7.41. The number of hydrogen-bond acceptors (Lipinski definition) is 3. The molecular formula is C17H24ClN3O. The van der Waals surface area contributed by atoms with Crippen molar-refractivity contribution in [1.29, 1.82) is 0 Å². The van der Waals surface area contributed by atoms with E-state index in [9.17, 15) is 4.79 Å². The maximum atomic E-state index is 12.7. The third-order valence-electron chi connectivity index (χ3n) is 5.11. The van der Waals surface area contributed by atoms with Gasteiger partial charge >= 0.3 is 0 Å². The highest BCUT2D eigenvalue weighted by atomic mass is 35.5. The lowest BCUT2D eigenvalue weighted by atomic mass is 9.72. The van der Waals surface area contributed by atoms with Crippen LogP contribution in [0.4, 0.5) is 0 Å². The first-order valence-corrected chi connectivity index (χ1v) is 8.41. The van der Waals surface area contributed by atoms with Crippen molar-refractivity contribution >= 4 is 17.5 Å². The van der Waals surface area contributed by atoms with Gasteiger partial charge in [0.05, 0.1) is 0 Å². The average molecular weight is 322 g/mol. The first-order chi connectivity index (χ1) is 10.5. The Hall–Kier alpha value is -1.10. The Bertz CT molecular complexity index is 547. The Kier molecular flexibility index (Phi) is 4.44. The van der Waals surface area contributed by atoms with Gasteiger partial charge in [-0.25, -0.2) is 0 Å². The van der Waals surface area contributed by atoms with Gasteiger partial charge in [-0.15, -0.1) is 0 Å². The number of amides is 1. The lowest BCUT2D eigenvalue weighted by Gasteiger charge is -2.45. The highest BCUT2D eigenvalue weighted by Gasteiger charge is 2.43. The van der Waals surface area contributed by atoms with Crippen LogP contribution in [0.2, 0.25) is 5.02 Å². The number of hydrogen-bond donors (Lipinski definition) is 2. The number of carbonyl (C=O) groups excluding carboxylic acids is 1. The minimum Gasteiger partial charge on any atom is -0.338 e. The van der Waals surface area contributed by atoms with Crippen LogP contribution in [0.25, 0.3) is 0 Å². The molecule has 1 aromatic carbocycles. The number of benzene rings is 1. The van der Waals surface area contributed by atoms with Crippen LogP contribution in [0.15, 0.2) is 24.3 Å². The Morgan fingerprint density at radius 3 is 2.73 bits per heavy atom. The van der Waals surface area contributed by atoms with E-state index < -0.39 is 0 Å². The molecule has 0 bridgehead atoms. The van der Waals surface area contributed by atoms with Crippen molar-refractivity contribution < 1.29 is 4.79 Å². The average Bonchev–Trinajstić information content (AvgIpc) is 2.94. The number of piperidine rings is 1. The second kappa shape index (κ2) is 6.19. The molecule has 2 N–H and O–H groups in total. The molecule has 0 spiro atoms. The van der Waals surface area contributed by atoms with Gasteiger partial charge in [-0.1, -0.05) is 25.4 Å². The van der Waals surface area contributed by atoms with Gasteiger partial charge in [0.1, 0.15) is 0 Å². The molecule has 2 heterocycles. The minimum atomic E-state index is 0.112. The maximum Gasteiger partial charge on any atom is 0.253 e. The van der Waals surface area contributed by atoms with Crippen LogP contribution in [0.1, 0.15) is 37.0 Å². The summed E-state index contributed by atoms with van der Waals surface area (Å²) in [6.45, 7) is 7.20. The first kappa shape index (κ1) is 15.8. The maximum absolute atomic E-state index is 12.7. The highest BCUT2D eigenvalue weighted by Crippen LogP contribution is 2.37. The molecule has 0 aromatic heterocycles. The van der Waals surface area contributed by atoms with Gasteiger partial charge in [0, 0.05) is 41.7 Å². The van der Waals surface area contributed by atoms with E-state index in [1.165, 1.54) is 0 Å². The summed E-state index contributed by atoms with van der Waals surface area (Å²) in [5, 5.41) is 0.662. The van der Waals surface area contributed by atoms with E-state index in [2.05, 4.69) is 24.7 Å². The molecule has 1 aromatic rings. The van der Waals surface area contributed by atoms with Crippen LogP contribution in [-0.2, 0) is 0 Å². The third kappa shape index (κ3) is 3.00. The molecule has 3 unspecified atom stereocenters. The van der Waals surface area contributed by atoms with Crippen LogP contribution in [0.5, 0.6) is 0 Å². The molecule has 0 radical (unpaired) electrons. The molecule has 22 heavy (non-hydrogen) atoms. The number of halogens is 1. The molecule has 1 amide bonds. The van der Waals surface area contributed by atoms with Crippen molar-refractivity contribution in [3.8, 4) is 0 Å². The number of rotatable bonds is 2. The van der Waals surface area contributed by atoms with Crippen LogP contribution in [0, 0.1) is 11.3 Å². The fourth-order valence-corrected chi connectivity index (χ4v) is 4.05. The molecular weight excluding hydrogens is 298 g/mol. The third-order valence-corrected chi connectivity index (χ3v) is 5.36. The summed E-state index contributed by atoms with van der Waals surface area (Å²) < 4.78 is 0. The normalized spacial score (nSPS) is 32.2. The van der Waals surface area contributed by atoms with Gasteiger partial charge in [-0.3, -0.25) is 15.6 Å². The van der Waals surface area contributed by atoms with Crippen molar-refractivity contribution in [2.75, 3.05) is 19.6 Å². The summed E-state index contributed by atoms with van der Waals surface area (Å²) in [4.78, 5) is 14.7. The van der Waals surface area contributed by atoms with E-state index in [0.29, 0.717) is 17.0 Å². The Labute approximate surface area is 137 Å². The smallest absolute Gasteiger partial charge is 0.253 e. The largest absolute Gasteiger partial charge is 0.338 e. The number of nitrogens with zero attached hydrogens (tertiary/aromatic N) is 1. The molecule has 0 saturated carbocycles. The van der Waals surface area contributed by atoms with Crippen molar-refractivity contribution in [2.45, 2.75) is 32.7 Å². The molecule has 2 aliphatic rings. The van der Waals surface area contributed by atoms with Gasteiger partial charge in [-0.2, -0.15) is 0 Å². The molecule has 4 nitrogen and oxygen atoms in total. The van der Waals surface area contributed by atoms with Crippen molar-refractivity contribution in [1.82, 2.24) is 15.8 Å². The van der Waals surface area contributed by atoms with Gasteiger partial charge in [0.2, 0.25) is 0 Å². The molecule has 5 heteroatoms. The predicted molar refractivity (Wildman–Crippen MR) is 88.8 cm³/mol. The van der Waals surface area contributed by atoms with Crippen LogP contribution in [-0.4, -0.2) is 36.5 Å². The standard InChI is InChI=1S/C17H24ClN3O/c1-12-10-19-20-15(12)17(2)8-3-9-21(11-17)16(22)13-4-6-14(18)7-5-13/h4-7,12,15,19-20H,3,8-11H2,1-2H3. The lowest BCUT2D eigenvalue weighted by Crippen LogP contribution is -2.54. The molecule has 2 aliphatic heterocycles. The number of likely N-dealkylation sites (tertiary alicyclic amines) is 1. The van der Waals surface area contributed by atoms with E-state index in [-0.39, 0.29) is 11.3 Å². The molecule has 120 valence electrons. The van der Waals surface area contributed by atoms with Crippen LogP contribution in [0.3, 0.4) is 0 Å². The molecule has 3 rings (SSSR count). The minimum absolute atomic E-state index is 0.112. The van der Waals surface area contributed by atoms with Crippen molar-refractivity contribution in [3.05, 3.63) is 34.9 Å². The SMILES string of the molecule is CC1CNNC1C1(C)CCCN(C(=O)c2ccc(Cl)cc2)C1. The van der Waals surface area contributed by atoms with Gasteiger partial charge < -0.3 is 4.90 Å². The summed E-state index contributed by atoms with van der Waals surface area (Å²) in [6.07, 6.45) is 2.21. The Morgan fingerprint density at radius 1 is 1.36 bits per heavy atom. The summed E-state index contributed by atoms with van der Waals surface area (Å²) in [5.41, 5.74) is 7.51. The zero-order chi connectivity index (χ0) is 15.7. The monoisotopic (exact) mass is 321 g/mol. The number of nitrogens with one attached hydrogen (secondary N) is 2. The zero-order valence-corrected chi connectivity index (χ0v) is 14.0. The fourth-order valence-electron chi connectivity index (χ4n) is 3.92. The first-order valence-electron chi connectivity index (χ1n) is 8.03. The predicted octanol–water partition coefficient (Wildman–Crippen LogP) is 2.69. The van der Waals surface area contributed by atoms with Crippen LogP contribution < -0.4 is 10.9 Å². The fraction of sp³-hybridized carbons (Fsp3) is 0.588. The lowest BCUT2D eigenvalue weighted by molar-refractivity contribution is 0.0416. The van der Waals surface area contributed by atoms with Crippen LogP contribution >= 0.6 is 11.6 Å². The van der Waals surface area contributed by atoms with Crippen molar-refractivity contribution in [2.24, 2.45) is 11.3 Å². The molecule has 2 fully saturated rings. The zero-order valence-electron chi connectivity index (χ0n) is 13.2. The van der Waals surface area contributed by atoms with Gasteiger partial charge in [-0.05, 0) is 43.0 Å². The highest BCUT2D eigenvalue weighted by molar-refractivity contribution is 6.30. The molecule has 0 aliphatic carbocycles. The summed E-state index contributed by atoms with van der Waals surface area (Å²) in [7, 11) is 0. The number of hydrazine groups is 1. The van der Waals surface area contributed by atoms with E-state index >= 15 is 0 Å². The Balaban J connectivity index is 1.75. The van der Waals surface area contributed by atoms with E-state index in [1.807, 2.05) is 17.0 Å². The Morgan fingerprint density at radius 2 is 2.09 bits per heavy atom. The topological polar surface area (TPSA) is 44.4 Å². The van der Waals surface area contributed by atoms with E-state index in [1.54, 1.807) is 12.1 Å². The van der Waals surface area contributed by atoms with Gasteiger partial charge in [0.25, 0.3) is 5.91 Å². The molecule has 2 saturated heterocycles. The number of carbonyl (C=O) groups is 1. The quantitative estimate of drug-likeness (QED) is 0.880. The van der Waals surface area contributed by atoms with E-state index in [4.69, 9.17) is 11.6 Å². The van der Waals surface area contributed by atoms with Crippen molar-refractivity contribution in [3.63, 3.8) is 0 Å². The molecule has 3 atom stereocenters. The summed E-state index contributed by atoms with van der Waals surface area (Å²) in [6, 6.07) is 7.60. The summed E-state index contributed by atoms with van der Waals surface area (Å²) >= 11 is 5.91.